The number of methoxy groups -OCH3 is 2. The Morgan fingerprint density at radius 3 is 2.30 bits per heavy atom. The first-order valence-corrected chi connectivity index (χ1v) is 10.2. The maximum atomic E-state index is 13.3. The second-order valence-electron chi connectivity index (χ2n) is 7.04. The van der Waals surface area contributed by atoms with Crippen LogP contribution in [0.4, 0.5) is 10.1 Å². The summed E-state index contributed by atoms with van der Waals surface area (Å²) >= 11 is 12.0. The summed E-state index contributed by atoms with van der Waals surface area (Å²) in [5, 5.41) is 3.41. The third-order valence-electron chi connectivity index (χ3n) is 4.97. The largest absolute Gasteiger partial charge is 0.495 e. The Morgan fingerprint density at radius 2 is 1.67 bits per heavy atom. The van der Waals surface area contributed by atoms with Crippen molar-refractivity contribution in [2.75, 3.05) is 52.3 Å². The van der Waals surface area contributed by atoms with Gasteiger partial charge in [-0.2, -0.15) is 0 Å². The third-order valence-corrected chi connectivity index (χ3v) is 5.56. The van der Waals surface area contributed by atoms with Gasteiger partial charge in [0.1, 0.15) is 17.3 Å². The van der Waals surface area contributed by atoms with Crippen LogP contribution in [-0.4, -0.2) is 62.7 Å². The summed E-state index contributed by atoms with van der Waals surface area (Å²) in [6, 6.07) is 8.04. The molecule has 2 aromatic rings. The number of piperazine rings is 1. The number of amides is 1. The lowest BCUT2D eigenvalue weighted by Crippen LogP contribution is -2.48. The van der Waals surface area contributed by atoms with Gasteiger partial charge in [-0.25, -0.2) is 4.39 Å². The van der Waals surface area contributed by atoms with Gasteiger partial charge < -0.3 is 14.8 Å². The van der Waals surface area contributed by atoms with Crippen molar-refractivity contribution >= 4 is 34.8 Å². The maximum absolute atomic E-state index is 13.3. The number of benzene rings is 2. The third kappa shape index (κ3) is 5.76. The second-order valence-corrected chi connectivity index (χ2v) is 7.85. The van der Waals surface area contributed by atoms with Gasteiger partial charge in [-0.05, 0) is 17.7 Å². The molecule has 1 amide bonds. The number of anilines is 1. The number of carbonyl (C=O) groups excluding carboxylic acids is 1. The van der Waals surface area contributed by atoms with Crippen molar-refractivity contribution in [3.05, 3.63) is 51.8 Å². The Balaban J connectivity index is 1.51. The lowest BCUT2D eigenvalue weighted by atomic mass is 10.2. The predicted octanol–water partition coefficient (Wildman–Crippen LogP) is 3.91. The van der Waals surface area contributed by atoms with Crippen molar-refractivity contribution in [1.29, 1.82) is 0 Å². The molecule has 6 nitrogen and oxygen atoms in total. The molecule has 0 aliphatic carbocycles. The van der Waals surface area contributed by atoms with E-state index in [2.05, 4.69) is 15.1 Å². The van der Waals surface area contributed by atoms with Gasteiger partial charge >= 0.3 is 0 Å². The molecule has 1 fully saturated rings. The standard InChI is InChI=1S/C21H24Cl2FN3O3/c1-29-19-11-18(20(30-2)10-16(19)23)25-21(28)13-27-7-5-26(6-8-27)12-14-3-4-17(24)15(22)9-14/h3-4,9-11H,5-8,12-13H2,1-2H3,(H,25,28). The van der Waals surface area contributed by atoms with Gasteiger partial charge in [0.15, 0.2) is 0 Å². The van der Waals surface area contributed by atoms with Gasteiger partial charge in [0, 0.05) is 44.9 Å². The molecule has 1 aliphatic rings. The van der Waals surface area contributed by atoms with Crippen LogP contribution in [0.1, 0.15) is 5.56 Å². The zero-order valence-corrected chi connectivity index (χ0v) is 18.4. The summed E-state index contributed by atoms with van der Waals surface area (Å²) in [5.74, 6) is 0.377. The van der Waals surface area contributed by atoms with Crippen LogP contribution in [0.3, 0.4) is 0 Å². The van der Waals surface area contributed by atoms with Gasteiger partial charge in [0.05, 0.1) is 36.5 Å². The van der Waals surface area contributed by atoms with Crippen LogP contribution in [-0.2, 0) is 11.3 Å². The minimum Gasteiger partial charge on any atom is -0.495 e. The van der Waals surface area contributed by atoms with Gasteiger partial charge in [-0.3, -0.25) is 14.6 Å². The van der Waals surface area contributed by atoms with Gasteiger partial charge in [0.25, 0.3) is 0 Å². The Kier molecular flexibility index (Phi) is 7.77. The quantitative estimate of drug-likeness (QED) is 0.685. The summed E-state index contributed by atoms with van der Waals surface area (Å²) in [4.78, 5) is 16.9. The topological polar surface area (TPSA) is 54.0 Å². The van der Waals surface area contributed by atoms with E-state index in [0.717, 1.165) is 31.7 Å². The van der Waals surface area contributed by atoms with Crippen LogP contribution in [0, 0.1) is 5.82 Å². The number of hydrogen-bond donors (Lipinski definition) is 1. The maximum Gasteiger partial charge on any atom is 0.238 e. The van der Waals surface area contributed by atoms with Crippen LogP contribution in [0.25, 0.3) is 0 Å². The zero-order chi connectivity index (χ0) is 21.7. The minimum absolute atomic E-state index is 0.136. The van der Waals surface area contributed by atoms with Crippen LogP contribution in [0.2, 0.25) is 10.0 Å². The predicted molar refractivity (Wildman–Crippen MR) is 116 cm³/mol. The van der Waals surface area contributed by atoms with E-state index >= 15 is 0 Å². The highest BCUT2D eigenvalue weighted by Gasteiger charge is 2.20. The van der Waals surface area contributed by atoms with E-state index < -0.39 is 5.82 Å². The van der Waals surface area contributed by atoms with E-state index in [9.17, 15) is 9.18 Å². The molecule has 1 heterocycles. The van der Waals surface area contributed by atoms with Gasteiger partial charge in [-0.15, -0.1) is 0 Å². The van der Waals surface area contributed by atoms with Gasteiger partial charge in [0.2, 0.25) is 5.91 Å². The van der Waals surface area contributed by atoms with Crippen molar-refractivity contribution < 1.29 is 18.7 Å². The minimum atomic E-state index is -0.411. The smallest absolute Gasteiger partial charge is 0.238 e. The average Bonchev–Trinajstić information content (AvgIpc) is 2.73. The van der Waals surface area contributed by atoms with E-state index in [1.165, 1.54) is 20.3 Å². The first kappa shape index (κ1) is 22.6. The number of hydrogen-bond acceptors (Lipinski definition) is 5. The first-order valence-electron chi connectivity index (χ1n) is 9.49. The fraction of sp³-hybridized carbons (Fsp3) is 0.381. The van der Waals surface area contributed by atoms with E-state index in [-0.39, 0.29) is 17.5 Å². The van der Waals surface area contributed by atoms with Crippen LogP contribution >= 0.6 is 23.2 Å². The van der Waals surface area contributed by atoms with Gasteiger partial charge in [-0.1, -0.05) is 29.3 Å². The van der Waals surface area contributed by atoms with Crippen LogP contribution in [0.5, 0.6) is 11.5 Å². The van der Waals surface area contributed by atoms with Crippen molar-refractivity contribution in [3.8, 4) is 11.5 Å². The average molecular weight is 456 g/mol. The molecule has 0 spiro atoms. The van der Waals surface area contributed by atoms with E-state index in [0.29, 0.717) is 28.8 Å². The molecule has 0 radical (unpaired) electrons. The zero-order valence-electron chi connectivity index (χ0n) is 16.9. The molecule has 0 aromatic heterocycles. The first-order chi connectivity index (χ1) is 14.4. The van der Waals surface area contributed by atoms with Crippen molar-refractivity contribution in [2.24, 2.45) is 0 Å². The van der Waals surface area contributed by atoms with Crippen molar-refractivity contribution in [3.63, 3.8) is 0 Å². The number of rotatable bonds is 7. The highest BCUT2D eigenvalue weighted by molar-refractivity contribution is 6.32. The molecule has 1 aliphatic heterocycles. The fourth-order valence-corrected chi connectivity index (χ4v) is 3.79. The van der Waals surface area contributed by atoms with Crippen molar-refractivity contribution in [2.45, 2.75) is 6.54 Å². The molecule has 2 aromatic carbocycles. The molecular weight excluding hydrogens is 432 g/mol. The second kappa shape index (κ2) is 10.3. The van der Waals surface area contributed by atoms with E-state index in [4.69, 9.17) is 32.7 Å². The number of nitrogens with zero attached hydrogens (tertiary/aromatic N) is 2. The molecule has 30 heavy (non-hydrogen) atoms. The molecule has 1 saturated heterocycles. The number of halogens is 3. The Bertz CT molecular complexity index is 905. The van der Waals surface area contributed by atoms with Crippen molar-refractivity contribution in [1.82, 2.24) is 9.80 Å². The Labute approximate surface area is 185 Å². The summed E-state index contributed by atoms with van der Waals surface area (Å²) in [5.41, 5.74) is 1.48. The summed E-state index contributed by atoms with van der Waals surface area (Å²) in [6.45, 7) is 4.08. The lowest BCUT2D eigenvalue weighted by Gasteiger charge is -2.34. The SMILES string of the molecule is COc1cc(NC(=O)CN2CCN(Cc3ccc(F)c(Cl)c3)CC2)c(OC)cc1Cl. The molecule has 0 unspecified atom stereocenters. The molecule has 0 atom stereocenters. The Hall–Kier alpha value is -2.06. The molecule has 0 saturated carbocycles. The van der Waals surface area contributed by atoms with Crippen LogP contribution in [0.15, 0.2) is 30.3 Å². The highest BCUT2D eigenvalue weighted by atomic mass is 35.5. The summed E-state index contributed by atoms with van der Waals surface area (Å²) in [7, 11) is 3.03. The molecule has 3 rings (SSSR count). The number of carbonyl (C=O) groups is 1. The molecule has 1 N–H and O–H groups in total. The lowest BCUT2D eigenvalue weighted by molar-refractivity contribution is -0.117. The normalized spacial score (nSPS) is 15.1. The monoisotopic (exact) mass is 455 g/mol. The molecule has 9 heteroatoms. The molecular formula is C21H24Cl2FN3O3. The summed E-state index contributed by atoms with van der Waals surface area (Å²) in [6.07, 6.45) is 0. The Morgan fingerprint density at radius 1 is 1.00 bits per heavy atom. The highest BCUT2D eigenvalue weighted by Crippen LogP contribution is 2.35. The van der Waals surface area contributed by atoms with E-state index in [1.807, 2.05) is 0 Å². The van der Waals surface area contributed by atoms with E-state index in [1.54, 1.807) is 24.3 Å². The molecule has 162 valence electrons. The fourth-order valence-electron chi connectivity index (χ4n) is 3.35. The number of nitrogens with one attached hydrogen (secondary N) is 1. The summed E-state index contributed by atoms with van der Waals surface area (Å²) < 4.78 is 23.8. The molecule has 0 bridgehead atoms. The number of ether oxygens (including phenoxy) is 2. The van der Waals surface area contributed by atoms with Crippen LogP contribution < -0.4 is 14.8 Å².